The molecule has 0 aliphatic heterocycles. The van der Waals surface area contributed by atoms with E-state index in [0.717, 1.165) is 17.0 Å². The van der Waals surface area contributed by atoms with Crippen molar-refractivity contribution in [3.05, 3.63) is 64.7 Å². The van der Waals surface area contributed by atoms with Gasteiger partial charge in [0.1, 0.15) is 22.1 Å². The van der Waals surface area contributed by atoms with Crippen molar-refractivity contribution in [3.8, 4) is 22.1 Å². The summed E-state index contributed by atoms with van der Waals surface area (Å²) in [6.45, 7) is 8.47. The third-order valence-electron chi connectivity index (χ3n) is 4.96. The van der Waals surface area contributed by atoms with E-state index >= 15 is 0 Å². The Labute approximate surface area is 193 Å². The van der Waals surface area contributed by atoms with Crippen molar-refractivity contribution in [3.63, 3.8) is 0 Å². The van der Waals surface area contributed by atoms with Crippen LogP contribution in [0.15, 0.2) is 48.7 Å². The zero-order chi connectivity index (χ0) is 24.6. The molecule has 0 unspecified atom stereocenters. The van der Waals surface area contributed by atoms with Gasteiger partial charge in [-0.1, -0.05) is 12.1 Å². The molecule has 9 heteroatoms. The van der Waals surface area contributed by atoms with Crippen molar-refractivity contribution in [2.75, 3.05) is 0 Å². The average molecular weight is 480 g/mol. The van der Waals surface area contributed by atoms with Gasteiger partial charge in [-0.05, 0) is 70.5 Å². The van der Waals surface area contributed by atoms with Gasteiger partial charge in [0, 0.05) is 11.8 Å². The third kappa shape index (κ3) is 5.65. The highest BCUT2D eigenvalue weighted by Gasteiger charge is 2.31. The molecule has 0 aliphatic carbocycles. The maximum atomic E-state index is 12.8. The number of hydrogen-bond acceptors (Lipinski definition) is 5. The fourth-order valence-corrected chi connectivity index (χ4v) is 3.91. The third-order valence-corrected chi connectivity index (χ3v) is 6.31. The molecule has 1 heterocycles. The van der Waals surface area contributed by atoms with Crippen LogP contribution in [0.2, 0.25) is 0 Å². The van der Waals surface area contributed by atoms with Gasteiger partial charge >= 0.3 is 12.1 Å². The van der Waals surface area contributed by atoms with Crippen molar-refractivity contribution in [2.45, 2.75) is 52.0 Å². The molecule has 2 aromatic carbocycles. The molecule has 0 bridgehead atoms. The van der Waals surface area contributed by atoms with E-state index < -0.39 is 28.9 Å². The molecular weight excluding hydrogens is 455 g/mol. The SMILES string of the molecule is Cc1cc(OC(C)(C)c2cnc(-c3ccc(C(F)(F)F)cc3)s2)ccc1OC(C)(C)C(=O)O. The second-order valence-corrected chi connectivity index (χ2v) is 9.59. The summed E-state index contributed by atoms with van der Waals surface area (Å²) in [5, 5.41) is 9.85. The Hall–Kier alpha value is -3.07. The van der Waals surface area contributed by atoms with Crippen LogP contribution < -0.4 is 9.47 Å². The zero-order valence-corrected chi connectivity index (χ0v) is 19.6. The normalized spacial score (nSPS) is 12.5. The molecule has 0 fully saturated rings. The molecule has 0 saturated heterocycles. The summed E-state index contributed by atoms with van der Waals surface area (Å²) < 4.78 is 50.2. The number of halogens is 3. The van der Waals surface area contributed by atoms with Crippen LogP contribution in [-0.4, -0.2) is 21.7 Å². The maximum Gasteiger partial charge on any atom is 0.416 e. The molecule has 5 nitrogen and oxygen atoms in total. The van der Waals surface area contributed by atoms with Crippen LogP contribution in [0.4, 0.5) is 13.2 Å². The predicted molar refractivity (Wildman–Crippen MR) is 120 cm³/mol. The van der Waals surface area contributed by atoms with Crippen LogP contribution in [-0.2, 0) is 16.6 Å². The number of carbonyl (C=O) groups is 1. The first kappa shape index (κ1) is 24.6. The van der Waals surface area contributed by atoms with Crippen LogP contribution in [0.3, 0.4) is 0 Å². The Bertz CT molecular complexity index is 1150. The number of benzene rings is 2. The van der Waals surface area contributed by atoms with Crippen molar-refractivity contribution < 1.29 is 32.5 Å². The van der Waals surface area contributed by atoms with E-state index in [1.54, 1.807) is 31.3 Å². The number of thiazole rings is 1. The predicted octanol–water partition coefficient (Wildman–Crippen LogP) is 6.69. The molecule has 3 rings (SSSR count). The Morgan fingerprint density at radius 3 is 2.18 bits per heavy atom. The zero-order valence-electron chi connectivity index (χ0n) is 18.8. The molecule has 0 atom stereocenters. The first-order chi connectivity index (χ1) is 15.2. The standard InChI is InChI=1S/C24H24F3NO4S/c1-14-12-17(10-11-18(14)32-23(4,5)21(29)30)31-22(2,3)19-13-28-20(33-19)15-6-8-16(9-7-15)24(25,26)27/h6-13H,1-5H3,(H,29,30). The van der Waals surface area contributed by atoms with Crippen molar-refractivity contribution in [1.29, 1.82) is 0 Å². The number of aryl methyl sites for hydroxylation is 1. The number of alkyl halides is 3. The van der Waals surface area contributed by atoms with Crippen LogP contribution in [0, 0.1) is 6.92 Å². The lowest BCUT2D eigenvalue weighted by atomic mass is 10.1. The van der Waals surface area contributed by atoms with Gasteiger partial charge in [-0.3, -0.25) is 0 Å². The van der Waals surface area contributed by atoms with E-state index in [1.807, 2.05) is 13.8 Å². The molecule has 0 radical (unpaired) electrons. The van der Waals surface area contributed by atoms with Gasteiger partial charge in [-0.2, -0.15) is 13.2 Å². The van der Waals surface area contributed by atoms with Gasteiger partial charge < -0.3 is 14.6 Å². The second kappa shape index (κ2) is 8.70. The summed E-state index contributed by atoms with van der Waals surface area (Å²) in [6.07, 6.45) is -2.73. The van der Waals surface area contributed by atoms with Crippen LogP contribution in [0.25, 0.3) is 10.6 Å². The minimum Gasteiger partial charge on any atom is -0.482 e. The molecule has 33 heavy (non-hydrogen) atoms. The highest BCUT2D eigenvalue weighted by atomic mass is 32.1. The van der Waals surface area contributed by atoms with E-state index in [-0.39, 0.29) is 0 Å². The summed E-state index contributed by atoms with van der Waals surface area (Å²) in [4.78, 5) is 16.5. The molecule has 0 saturated carbocycles. The maximum absolute atomic E-state index is 12.8. The minimum atomic E-state index is -4.38. The van der Waals surface area contributed by atoms with Gasteiger partial charge in [0.05, 0.1) is 10.4 Å². The number of carboxylic acid groups (broad SMARTS) is 1. The smallest absolute Gasteiger partial charge is 0.416 e. The first-order valence-electron chi connectivity index (χ1n) is 10.0. The fraction of sp³-hybridized carbons (Fsp3) is 0.333. The van der Waals surface area contributed by atoms with E-state index in [1.165, 1.54) is 37.3 Å². The molecular formula is C24H24F3NO4S. The lowest BCUT2D eigenvalue weighted by Gasteiger charge is -2.26. The van der Waals surface area contributed by atoms with Crippen molar-refractivity contribution >= 4 is 17.3 Å². The Morgan fingerprint density at radius 2 is 1.64 bits per heavy atom. The Balaban J connectivity index is 1.77. The first-order valence-corrected chi connectivity index (χ1v) is 10.9. The second-order valence-electron chi connectivity index (χ2n) is 8.56. The van der Waals surface area contributed by atoms with E-state index in [9.17, 15) is 23.1 Å². The summed E-state index contributed by atoms with van der Waals surface area (Å²) in [5.41, 5.74) is -1.54. The van der Waals surface area contributed by atoms with Gasteiger partial charge in [0.25, 0.3) is 0 Å². The molecule has 1 N–H and O–H groups in total. The van der Waals surface area contributed by atoms with Crippen molar-refractivity contribution in [2.24, 2.45) is 0 Å². The Kier molecular flexibility index (Phi) is 6.48. The van der Waals surface area contributed by atoms with Gasteiger partial charge in [-0.15, -0.1) is 11.3 Å². The quantitative estimate of drug-likeness (QED) is 0.409. The van der Waals surface area contributed by atoms with Gasteiger partial charge in [0.2, 0.25) is 0 Å². The number of nitrogens with zero attached hydrogens (tertiary/aromatic N) is 1. The molecule has 0 aliphatic rings. The largest absolute Gasteiger partial charge is 0.482 e. The van der Waals surface area contributed by atoms with E-state index in [4.69, 9.17) is 9.47 Å². The van der Waals surface area contributed by atoms with E-state index in [2.05, 4.69) is 4.98 Å². The van der Waals surface area contributed by atoms with E-state index in [0.29, 0.717) is 27.6 Å². The molecule has 0 spiro atoms. The number of carboxylic acids is 1. The number of hydrogen-bond donors (Lipinski definition) is 1. The summed E-state index contributed by atoms with van der Waals surface area (Å²) in [6, 6.07) is 9.99. The van der Waals surface area contributed by atoms with Crippen LogP contribution >= 0.6 is 11.3 Å². The monoisotopic (exact) mass is 479 g/mol. The molecule has 1 aromatic heterocycles. The Morgan fingerprint density at radius 1 is 1.00 bits per heavy atom. The highest BCUT2D eigenvalue weighted by molar-refractivity contribution is 7.15. The number of aliphatic carboxylic acids is 1. The topological polar surface area (TPSA) is 68.7 Å². The molecule has 176 valence electrons. The van der Waals surface area contributed by atoms with Gasteiger partial charge in [0.15, 0.2) is 5.60 Å². The summed E-state index contributed by atoms with van der Waals surface area (Å²) >= 11 is 1.34. The van der Waals surface area contributed by atoms with Crippen LogP contribution in [0.5, 0.6) is 11.5 Å². The highest BCUT2D eigenvalue weighted by Crippen LogP contribution is 2.37. The summed E-state index contributed by atoms with van der Waals surface area (Å²) in [7, 11) is 0. The van der Waals surface area contributed by atoms with Crippen LogP contribution in [0.1, 0.15) is 43.7 Å². The minimum absolute atomic E-state index is 0.440. The average Bonchev–Trinajstić information content (AvgIpc) is 3.20. The molecule has 3 aromatic rings. The summed E-state index contributed by atoms with van der Waals surface area (Å²) in [5.74, 6) is -0.0743. The number of rotatable bonds is 7. The lowest BCUT2D eigenvalue weighted by molar-refractivity contribution is -0.152. The fourth-order valence-electron chi connectivity index (χ4n) is 2.95. The van der Waals surface area contributed by atoms with Gasteiger partial charge in [-0.25, -0.2) is 9.78 Å². The van der Waals surface area contributed by atoms with Crippen molar-refractivity contribution in [1.82, 2.24) is 4.98 Å². The lowest BCUT2D eigenvalue weighted by Crippen LogP contribution is -2.38. The molecule has 0 amide bonds. The number of ether oxygens (including phenoxy) is 2. The number of aromatic nitrogens is 1.